The zero-order chi connectivity index (χ0) is 16.1. The van der Waals surface area contributed by atoms with Gasteiger partial charge < -0.3 is 4.57 Å². The standard InChI is InChI=1S/C23H17N/c1-16-14-15-17-8-2-3-9-18(17)23(16)24-21-12-6-4-10-19(21)20-11-5-7-13-22(20)24/h2-15H,1H3. The van der Waals surface area contributed by atoms with Gasteiger partial charge in [-0.05, 0) is 30.0 Å². The van der Waals surface area contributed by atoms with Crippen LogP contribution in [-0.4, -0.2) is 4.57 Å². The molecule has 0 bridgehead atoms. The molecule has 24 heavy (non-hydrogen) atoms. The molecule has 1 nitrogen and oxygen atoms in total. The lowest BCUT2D eigenvalue weighted by Crippen LogP contribution is -1.98. The maximum Gasteiger partial charge on any atom is 0.0569 e. The summed E-state index contributed by atoms with van der Waals surface area (Å²) in [7, 11) is 0. The summed E-state index contributed by atoms with van der Waals surface area (Å²) >= 11 is 0. The summed E-state index contributed by atoms with van der Waals surface area (Å²) in [6, 6.07) is 30.4. The Morgan fingerprint density at radius 2 is 1.08 bits per heavy atom. The van der Waals surface area contributed by atoms with Crippen molar-refractivity contribution in [2.24, 2.45) is 0 Å². The number of benzene rings is 4. The predicted molar refractivity (Wildman–Crippen MR) is 103 cm³/mol. The Balaban J connectivity index is 2.06. The molecular weight excluding hydrogens is 290 g/mol. The van der Waals surface area contributed by atoms with Crippen molar-refractivity contribution >= 4 is 32.6 Å². The van der Waals surface area contributed by atoms with E-state index in [0.29, 0.717) is 0 Å². The maximum absolute atomic E-state index is 2.42. The number of nitrogens with zero attached hydrogens (tertiary/aromatic N) is 1. The Labute approximate surface area is 140 Å². The normalized spacial score (nSPS) is 11.5. The molecule has 0 radical (unpaired) electrons. The van der Waals surface area contributed by atoms with Gasteiger partial charge in [0.1, 0.15) is 0 Å². The van der Waals surface area contributed by atoms with Gasteiger partial charge in [-0.15, -0.1) is 0 Å². The van der Waals surface area contributed by atoms with E-state index >= 15 is 0 Å². The number of aromatic nitrogens is 1. The minimum absolute atomic E-state index is 1.26. The molecule has 0 aliphatic rings. The van der Waals surface area contributed by atoms with E-state index in [9.17, 15) is 0 Å². The summed E-state index contributed by atoms with van der Waals surface area (Å²) in [4.78, 5) is 0. The summed E-state index contributed by atoms with van der Waals surface area (Å²) in [5.41, 5.74) is 5.10. The molecule has 1 heteroatoms. The van der Waals surface area contributed by atoms with Crippen molar-refractivity contribution in [3.63, 3.8) is 0 Å². The zero-order valence-electron chi connectivity index (χ0n) is 13.5. The van der Waals surface area contributed by atoms with Crippen molar-refractivity contribution in [1.29, 1.82) is 0 Å². The lowest BCUT2D eigenvalue weighted by Gasteiger charge is -2.14. The van der Waals surface area contributed by atoms with E-state index in [-0.39, 0.29) is 0 Å². The van der Waals surface area contributed by atoms with Gasteiger partial charge >= 0.3 is 0 Å². The maximum atomic E-state index is 2.42. The third-order valence-corrected chi connectivity index (χ3v) is 4.91. The van der Waals surface area contributed by atoms with Gasteiger partial charge in [-0.2, -0.15) is 0 Å². The van der Waals surface area contributed by atoms with E-state index in [1.54, 1.807) is 0 Å². The number of fused-ring (bicyclic) bond motifs is 4. The first kappa shape index (κ1) is 13.4. The smallest absolute Gasteiger partial charge is 0.0569 e. The average molecular weight is 307 g/mol. The molecule has 0 amide bonds. The lowest BCUT2D eigenvalue weighted by atomic mass is 10.0. The summed E-state index contributed by atoms with van der Waals surface area (Å²) in [6.45, 7) is 2.20. The Morgan fingerprint density at radius 3 is 1.75 bits per heavy atom. The van der Waals surface area contributed by atoms with Crippen LogP contribution in [0, 0.1) is 6.92 Å². The number of hydrogen-bond acceptors (Lipinski definition) is 0. The van der Waals surface area contributed by atoms with Gasteiger partial charge in [0.25, 0.3) is 0 Å². The van der Waals surface area contributed by atoms with Crippen LogP contribution >= 0.6 is 0 Å². The number of aryl methyl sites for hydroxylation is 1. The molecule has 0 saturated heterocycles. The van der Waals surface area contributed by atoms with Crippen LogP contribution in [0.1, 0.15) is 5.56 Å². The number of rotatable bonds is 1. The van der Waals surface area contributed by atoms with E-state index in [1.165, 1.54) is 43.8 Å². The van der Waals surface area contributed by atoms with E-state index in [4.69, 9.17) is 0 Å². The third kappa shape index (κ3) is 1.75. The van der Waals surface area contributed by atoms with Gasteiger partial charge in [0.2, 0.25) is 0 Å². The summed E-state index contributed by atoms with van der Waals surface area (Å²) in [5.74, 6) is 0. The van der Waals surface area contributed by atoms with Gasteiger partial charge in [0.05, 0.1) is 16.7 Å². The van der Waals surface area contributed by atoms with Gasteiger partial charge in [-0.3, -0.25) is 0 Å². The highest BCUT2D eigenvalue weighted by Gasteiger charge is 2.14. The molecule has 0 aliphatic carbocycles. The van der Waals surface area contributed by atoms with Crippen molar-refractivity contribution in [3.8, 4) is 5.69 Å². The van der Waals surface area contributed by atoms with Gasteiger partial charge in [-0.25, -0.2) is 0 Å². The molecule has 0 unspecified atom stereocenters. The van der Waals surface area contributed by atoms with Crippen molar-refractivity contribution in [2.45, 2.75) is 6.92 Å². The van der Waals surface area contributed by atoms with Crippen LogP contribution in [0.3, 0.4) is 0 Å². The molecule has 4 aromatic carbocycles. The first-order chi connectivity index (χ1) is 11.8. The summed E-state index contributed by atoms with van der Waals surface area (Å²) < 4.78 is 2.42. The van der Waals surface area contributed by atoms with E-state index < -0.39 is 0 Å². The molecule has 1 heterocycles. The fourth-order valence-corrected chi connectivity index (χ4v) is 3.82. The monoisotopic (exact) mass is 307 g/mol. The zero-order valence-corrected chi connectivity index (χ0v) is 13.5. The Kier molecular flexibility index (Phi) is 2.77. The van der Waals surface area contributed by atoms with Crippen molar-refractivity contribution < 1.29 is 0 Å². The SMILES string of the molecule is Cc1ccc2ccccc2c1-n1c2ccccc2c2ccccc21. The highest BCUT2D eigenvalue weighted by atomic mass is 15.0. The summed E-state index contributed by atoms with van der Waals surface area (Å²) in [6.07, 6.45) is 0. The van der Waals surface area contributed by atoms with Gasteiger partial charge in [-0.1, -0.05) is 72.8 Å². The first-order valence-corrected chi connectivity index (χ1v) is 8.31. The molecule has 0 saturated carbocycles. The van der Waals surface area contributed by atoms with Crippen molar-refractivity contribution in [1.82, 2.24) is 4.57 Å². The highest BCUT2D eigenvalue weighted by Crippen LogP contribution is 2.35. The number of hydrogen-bond donors (Lipinski definition) is 0. The molecule has 1 aromatic heterocycles. The fourth-order valence-electron chi connectivity index (χ4n) is 3.82. The van der Waals surface area contributed by atoms with E-state index in [1.807, 2.05) is 0 Å². The minimum Gasteiger partial charge on any atom is -0.308 e. The molecule has 0 atom stereocenters. The molecule has 0 spiro atoms. The first-order valence-electron chi connectivity index (χ1n) is 8.31. The largest absolute Gasteiger partial charge is 0.308 e. The van der Waals surface area contributed by atoms with Crippen LogP contribution in [0.4, 0.5) is 0 Å². The Bertz CT molecular complexity index is 1160. The molecule has 0 fully saturated rings. The lowest BCUT2D eigenvalue weighted by molar-refractivity contribution is 1.17. The van der Waals surface area contributed by atoms with Crippen LogP contribution in [-0.2, 0) is 0 Å². The molecule has 0 aliphatic heterocycles. The Hall–Kier alpha value is -3.06. The second kappa shape index (κ2) is 4.97. The molecule has 5 rings (SSSR count). The van der Waals surface area contributed by atoms with Crippen LogP contribution in [0.25, 0.3) is 38.3 Å². The molecular formula is C23H17N. The second-order valence-corrected chi connectivity index (χ2v) is 6.32. The van der Waals surface area contributed by atoms with E-state index in [0.717, 1.165) is 0 Å². The average Bonchev–Trinajstić information content (AvgIpc) is 2.96. The molecule has 5 aromatic rings. The fraction of sp³-hybridized carbons (Fsp3) is 0.0435. The van der Waals surface area contributed by atoms with Crippen molar-refractivity contribution in [3.05, 3.63) is 90.5 Å². The topological polar surface area (TPSA) is 4.93 Å². The third-order valence-electron chi connectivity index (χ3n) is 4.91. The molecule has 114 valence electrons. The number of para-hydroxylation sites is 2. The second-order valence-electron chi connectivity index (χ2n) is 6.32. The van der Waals surface area contributed by atoms with Crippen molar-refractivity contribution in [2.75, 3.05) is 0 Å². The van der Waals surface area contributed by atoms with Gasteiger partial charge in [0.15, 0.2) is 0 Å². The summed E-state index contributed by atoms with van der Waals surface area (Å²) in [5, 5.41) is 5.19. The molecule has 0 N–H and O–H groups in total. The van der Waals surface area contributed by atoms with Crippen LogP contribution in [0.5, 0.6) is 0 Å². The van der Waals surface area contributed by atoms with Gasteiger partial charge in [0, 0.05) is 16.2 Å². The minimum atomic E-state index is 1.26. The van der Waals surface area contributed by atoms with Crippen LogP contribution < -0.4 is 0 Å². The van der Waals surface area contributed by atoms with Crippen LogP contribution in [0.2, 0.25) is 0 Å². The Morgan fingerprint density at radius 1 is 0.542 bits per heavy atom. The predicted octanol–water partition coefficient (Wildman–Crippen LogP) is 6.25. The van der Waals surface area contributed by atoms with Crippen LogP contribution in [0.15, 0.2) is 84.9 Å². The quantitative estimate of drug-likeness (QED) is 0.345. The highest BCUT2D eigenvalue weighted by molar-refractivity contribution is 6.10. The van der Waals surface area contributed by atoms with E-state index in [2.05, 4.69) is 96.4 Å².